The lowest BCUT2D eigenvalue weighted by Crippen LogP contribution is -2.80. The van der Waals surface area contributed by atoms with E-state index in [-0.39, 0.29) is 25.3 Å². The maximum absolute atomic E-state index is 13.3. The van der Waals surface area contributed by atoms with Crippen LogP contribution in [-0.2, 0) is 35.3 Å². The maximum atomic E-state index is 13.3. The van der Waals surface area contributed by atoms with Gasteiger partial charge in [0.2, 0.25) is 0 Å². The third-order valence-electron chi connectivity index (χ3n) is 6.34. The summed E-state index contributed by atoms with van der Waals surface area (Å²) in [5, 5.41) is 12.8. The number of fused-ring (bicyclic) bond motifs is 3. The van der Waals surface area contributed by atoms with Crippen LogP contribution in [0.4, 0.5) is 5.69 Å². The quantitative estimate of drug-likeness (QED) is 0.230. The molecule has 2 aromatic carbocycles. The number of nitrogens with one attached hydrogen (secondary N) is 1. The average Bonchev–Trinajstić information content (AvgIpc) is 3.25. The number of nitrogens with zero attached hydrogens (tertiary/aromatic N) is 2. The van der Waals surface area contributed by atoms with Gasteiger partial charge in [-0.2, -0.15) is 0 Å². The molecule has 13 heteroatoms. The van der Waals surface area contributed by atoms with Crippen molar-refractivity contribution in [1.82, 2.24) is 10.2 Å². The summed E-state index contributed by atoms with van der Waals surface area (Å²) >= 11 is 1.34. The number of hydrogen-bond donors (Lipinski definition) is 1. The number of amides is 2. The summed E-state index contributed by atoms with van der Waals surface area (Å²) < 4.78 is 16.3. The summed E-state index contributed by atoms with van der Waals surface area (Å²) in [5.74, 6) is -2.40. The van der Waals surface area contributed by atoms with Gasteiger partial charge in [0.05, 0.1) is 11.3 Å². The molecule has 5 rings (SSSR count). The van der Waals surface area contributed by atoms with E-state index in [2.05, 4.69) is 5.32 Å². The molecular formula is C24H21N3O9S. The first-order valence-corrected chi connectivity index (χ1v) is 12.4. The molecule has 0 radical (unpaired) electrons. The Morgan fingerprint density at radius 1 is 1.16 bits per heavy atom. The van der Waals surface area contributed by atoms with Crippen LogP contribution >= 0.6 is 11.8 Å². The predicted octanol–water partition coefficient (Wildman–Crippen LogP) is 1.38. The number of nitro groups is 1. The van der Waals surface area contributed by atoms with Gasteiger partial charge in [-0.25, -0.2) is 4.79 Å². The molecule has 12 nitrogen and oxygen atoms in total. The van der Waals surface area contributed by atoms with Gasteiger partial charge in [-0.05, 0) is 29.8 Å². The smallest absolute Gasteiger partial charge is 0.373 e. The molecule has 4 atom stereocenters. The lowest BCUT2D eigenvalue weighted by molar-refractivity contribution is -0.384. The number of thioether (sulfide) groups is 1. The minimum Gasteiger partial charge on any atom is -0.484 e. The number of ether oxygens (including phenoxy) is 3. The fourth-order valence-corrected chi connectivity index (χ4v) is 6.10. The number of non-ortho nitro benzene ring substituents is 1. The summed E-state index contributed by atoms with van der Waals surface area (Å²) in [7, 11) is 0. The van der Waals surface area contributed by atoms with Gasteiger partial charge in [-0.1, -0.05) is 18.2 Å². The Kier molecular flexibility index (Phi) is 6.46. The molecule has 1 N–H and O–H groups in total. The van der Waals surface area contributed by atoms with Crippen LogP contribution in [0.3, 0.4) is 0 Å². The van der Waals surface area contributed by atoms with Crippen molar-refractivity contribution in [3.8, 4) is 5.75 Å². The van der Waals surface area contributed by atoms with Crippen LogP contribution in [0.1, 0.15) is 12.0 Å². The van der Waals surface area contributed by atoms with Crippen LogP contribution in [0.15, 0.2) is 54.6 Å². The molecule has 3 fully saturated rings. The second-order valence-corrected chi connectivity index (χ2v) is 9.80. The second-order valence-electron chi connectivity index (χ2n) is 8.65. The Morgan fingerprint density at radius 2 is 1.89 bits per heavy atom. The molecule has 0 aliphatic carbocycles. The fraction of sp³-hybridized carbons (Fsp3) is 0.333. The molecule has 3 aliphatic heterocycles. The van der Waals surface area contributed by atoms with E-state index in [0.717, 1.165) is 0 Å². The van der Waals surface area contributed by atoms with Gasteiger partial charge in [0.25, 0.3) is 23.2 Å². The van der Waals surface area contributed by atoms with E-state index >= 15 is 0 Å². The highest BCUT2D eigenvalue weighted by Gasteiger charge is 2.71. The van der Waals surface area contributed by atoms with Gasteiger partial charge in [0.15, 0.2) is 6.61 Å². The molecule has 0 aromatic heterocycles. The van der Waals surface area contributed by atoms with Crippen LogP contribution in [0, 0.1) is 16.0 Å². The van der Waals surface area contributed by atoms with Crippen molar-refractivity contribution < 1.29 is 38.3 Å². The SMILES string of the molecule is O=C(COc1ccccc1)N[C@@H]1C(=O)N2[C@@H]1SCC1CC(=O)OC12C(=O)OCc1ccc([N+](=O)[O-])cc1. The summed E-state index contributed by atoms with van der Waals surface area (Å²) in [6.07, 6.45) is -0.0575. The van der Waals surface area contributed by atoms with Gasteiger partial charge in [-0.3, -0.25) is 29.4 Å². The number of para-hydroxylation sites is 1. The van der Waals surface area contributed by atoms with Crippen LogP contribution in [-0.4, -0.2) is 63.1 Å². The number of esters is 2. The van der Waals surface area contributed by atoms with E-state index in [1.54, 1.807) is 24.3 Å². The van der Waals surface area contributed by atoms with Crippen molar-refractivity contribution in [2.24, 2.45) is 5.92 Å². The zero-order valence-corrected chi connectivity index (χ0v) is 20.1. The van der Waals surface area contributed by atoms with Crippen molar-refractivity contribution in [2.45, 2.75) is 30.2 Å². The van der Waals surface area contributed by atoms with Crippen LogP contribution in [0.25, 0.3) is 0 Å². The van der Waals surface area contributed by atoms with Crippen molar-refractivity contribution in [3.63, 3.8) is 0 Å². The molecular weight excluding hydrogens is 506 g/mol. The van der Waals surface area contributed by atoms with Gasteiger partial charge < -0.3 is 19.5 Å². The highest BCUT2D eigenvalue weighted by Crippen LogP contribution is 2.51. The number of β-lactam (4-membered cyclic amide) rings is 1. The van der Waals surface area contributed by atoms with E-state index in [1.165, 1.54) is 40.9 Å². The van der Waals surface area contributed by atoms with E-state index in [9.17, 15) is 29.3 Å². The van der Waals surface area contributed by atoms with E-state index < -0.39 is 51.7 Å². The van der Waals surface area contributed by atoms with Crippen molar-refractivity contribution in [3.05, 3.63) is 70.3 Å². The molecule has 192 valence electrons. The first-order valence-electron chi connectivity index (χ1n) is 11.3. The number of benzene rings is 2. The lowest BCUT2D eigenvalue weighted by Gasteiger charge is -2.56. The summed E-state index contributed by atoms with van der Waals surface area (Å²) in [6.45, 7) is -0.537. The largest absolute Gasteiger partial charge is 0.484 e. The highest BCUT2D eigenvalue weighted by molar-refractivity contribution is 8.00. The van der Waals surface area contributed by atoms with Gasteiger partial charge in [0.1, 0.15) is 23.8 Å². The van der Waals surface area contributed by atoms with Crippen molar-refractivity contribution in [1.29, 1.82) is 0 Å². The van der Waals surface area contributed by atoms with Gasteiger partial charge >= 0.3 is 11.9 Å². The Labute approximate surface area is 214 Å². The summed E-state index contributed by atoms with van der Waals surface area (Å²) in [5.41, 5.74) is -1.55. The highest BCUT2D eigenvalue weighted by atomic mass is 32.2. The minimum absolute atomic E-state index is 0.0575. The Balaban J connectivity index is 1.26. The molecule has 2 unspecified atom stereocenters. The van der Waals surface area contributed by atoms with Crippen LogP contribution in [0.2, 0.25) is 0 Å². The number of carbonyl (C=O) groups is 4. The number of hydrogen-bond acceptors (Lipinski definition) is 10. The second kappa shape index (κ2) is 9.73. The molecule has 2 aromatic rings. The molecule has 3 aliphatic rings. The molecule has 3 saturated heterocycles. The monoisotopic (exact) mass is 527 g/mol. The van der Waals surface area contributed by atoms with E-state index in [1.807, 2.05) is 6.07 Å². The fourth-order valence-electron chi connectivity index (χ4n) is 4.54. The molecule has 37 heavy (non-hydrogen) atoms. The molecule has 3 heterocycles. The minimum atomic E-state index is -1.92. The third kappa shape index (κ3) is 4.46. The molecule has 0 bridgehead atoms. The van der Waals surface area contributed by atoms with E-state index in [4.69, 9.17) is 14.2 Å². The standard InChI is InChI=1S/C24H21N3O9S/c28-18(12-34-17-4-2-1-3-5-17)25-20-21(30)26-22(20)37-13-15-10-19(29)36-24(15,26)23(31)35-11-14-6-8-16(9-7-14)27(32)33/h1-9,15,20,22H,10-13H2,(H,25,28)/t15?,20-,22-,24?/m1/s1. The maximum Gasteiger partial charge on any atom is 0.373 e. The van der Waals surface area contributed by atoms with Crippen molar-refractivity contribution in [2.75, 3.05) is 12.4 Å². The first kappa shape index (κ1) is 24.6. The predicted molar refractivity (Wildman–Crippen MR) is 127 cm³/mol. The van der Waals surface area contributed by atoms with Gasteiger partial charge in [0, 0.05) is 23.8 Å². The lowest BCUT2D eigenvalue weighted by atomic mass is 9.89. The molecule has 0 saturated carbocycles. The Morgan fingerprint density at radius 3 is 2.59 bits per heavy atom. The third-order valence-corrected chi connectivity index (χ3v) is 7.76. The Hall–Kier alpha value is -4.13. The normalized spacial score (nSPS) is 25.7. The average molecular weight is 528 g/mol. The number of carbonyl (C=O) groups excluding carboxylic acids is 4. The van der Waals surface area contributed by atoms with Crippen LogP contribution in [0.5, 0.6) is 5.75 Å². The Bertz CT molecular complexity index is 1260. The first-order chi connectivity index (χ1) is 17.8. The van der Waals surface area contributed by atoms with Gasteiger partial charge in [-0.15, -0.1) is 11.8 Å². The zero-order valence-electron chi connectivity index (χ0n) is 19.2. The summed E-state index contributed by atoms with van der Waals surface area (Å²) in [4.78, 5) is 62.6. The number of rotatable bonds is 8. The number of nitro benzene ring substituents is 1. The topological polar surface area (TPSA) is 154 Å². The van der Waals surface area contributed by atoms with Crippen LogP contribution < -0.4 is 10.1 Å². The summed E-state index contributed by atoms with van der Waals surface area (Å²) in [6, 6.07) is 13.3. The van der Waals surface area contributed by atoms with E-state index in [0.29, 0.717) is 17.1 Å². The van der Waals surface area contributed by atoms with Crippen molar-refractivity contribution >= 4 is 41.2 Å². The zero-order chi connectivity index (χ0) is 26.2. The molecule has 2 amide bonds. The molecule has 0 spiro atoms.